The van der Waals surface area contributed by atoms with Crippen LogP contribution in [0, 0.1) is 0 Å². The predicted octanol–water partition coefficient (Wildman–Crippen LogP) is 3.88. The highest BCUT2D eigenvalue weighted by Gasteiger charge is 2.43. The summed E-state index contributed by atoms with van der Waals surface area (Å²) in [6, 6.07) is 22.3. The Morgan fingerprint density at radius 3 is 2.48 bits per heavy atom. The molecule has 0 fully saturated rings. The summed E-state index contributed by atoms with van der Waals surface area (Å²) in [5, 5.41) is 0. The summed E-state index contributed by atoms with van der Waals surface area (Å²) < 4.78 is 11.2. The molecule has 6 rings (SSSR count). The van der Waals surface area contributed by atoms with Crippen LogP contribution in [-0.4, -0.2) is 22.6 Å². The number of nitrogens with zero attached hydrogens (tertiary/aromatic N) is 3. The van der Waals surface area contributed by atoms with Crippen LogP contribution in [0.3, 0.4) is 0 Å². The van der Waals surface area contributed by atoms with Crippen LogP contribution >= 0.6 is 0 Å². The Hall–Kier alpha value is -4.19. The summed E-state index contributed by atoms with van der Waals surface area (Å²) in [7, 11) is 0. The van der Waals surface area contributed by atoms with Crippen molar-refractivity contribution in [3.8, 4) is 22.6 Å². The Morgan fingerprint density at radius 2 is 1.58 bits per heavy atom. The van der Waals surface area contributed by atoms with E-state index >= 15 is 0 Å². The third kappa shape index (κ3) is 2.61. The normalized spacial score (nSPS) is 18.5. The summed E-state index contributed by atoms with van der Waals surface area (Å²) in [6.45, 7) is 0.220. The number of nitrogens with two attached hydrogens (primary N) is 1. The van der Waals surface area contributed by atoms with Crippen molar-refractivity contribution in [2.45, 2.75) is 5.54 Å². The summed E-state index contributed by atoms with van der Waals surface area (Å²) in [5.41, 5.74) is 11.5. The molecule has 0 saturated carbocycles. The minimum atomic E-state index is -0.798. The van der Waals surface area contributed by atoms with Crippen LogP contribution in [0.25, 0.3) is 11.1 Å². The average Bonchev–Trinajstić information content (AvgIpc) is 3.42. The first-order valence-corrected chi connectivity index (χ1v) is 9.97. The third-order valence-corrected chi connectivity index (χ3v) is 5.85. The fraction of sp³-hybridized carbons (Fsp3) is 0.0800. The first kappa shape index (κ1) is 17.7. The van der Waals surface area contributed by atoms with Gasteiger partial charge in [-0.15, -0.1) is 0 Å². The summed E-state index contributed by atoms with van der Waals surface area (Å²) >= 11 is 0. The molecule has 3 aromatic carbocycles. The molecule has 31 heavy (non-hydrogen) atoms. The van der Waals surface area contributed by atoms with E-state index < -0.39 is 5.54 Å². The molecule has 0 spiro atoms. The van der Waals surface area contributed by atoms with Crippen LogP contribution in [0.15, 0.2) is 90.4 Å². The van der Waals surface area contributed by atoms with E-state index in [1.807, 2.05) is 48.5 Å². The number of aliphatic imine (C=N–C) groups is 1. The van der Waals surface area contributed by atoms with E-state index in [0.29, 0.717) is 11.6 Å². The molecule has 6 nitrogen and oxygen atoms in total. The van der Waals surface area contributed by atoms with E-state index in [4.69, 9.17) is 20.2 Å². The molecular weight excluding hydrogens is 388 g/mol. The van der Waals surface area contributed by atoms with Gasteiger partial charge in [0.05, 0.1) is 0 Å². The van der Waals surface area contributed by atoms with Gasteiger partial charge in [-0.1, -0.05) is 48.5 Å². The van der Waals surface area contributed by atoms with Crippen molar-refractivity contribution >= 4 is 5.84 Å². The molecule has 2 aliphatic heterocycles. The van der Waals surface area contributed by atoms with Crippen molar-refractivity contribution in [1.82, 2.24) is 9.97 Å². The van der Waals surface area contributed by atoms with Gasteiger partial charge in [0.25, 0.3) is 0 Å². The van der Waals surface area contributed by atoms with Gasteiger partial charge in [0.1, 0.15) is 17.7 Å². The van der Waals surface area contributed by atoms with Crippen LogP contribution in [0.5, 0.6) is 11.5 Å². The van der Waals surface area contributed by atoms with Gasteiger partial charge in [-0.3, -0.25) is 0 Å². The molecule has 4 aromatic rings. The lowest BCUT2D eigenvalue weighted by atomic mass is 9.77. The van der Waals surface area contributed by atoms with Gasteiger partial charge in [-0.25, -0.2) is 15.0 Å². The SMILES string of the molecule is NC1=NC(c2cccc(-c3cncnc3)c2)(c2ccc3c(c2)OCO3)c2ccccc21. The molecule has 0 aliphatic carbocycles. The molecular formula is C25H18N4O2. The number of rotatable bonds is 3. The Morgan fingerprint density at radius 1 is 0.774 bits per heavy atom. The molecule has 0 radical (unpaired) electrons. The smallest absolute Gasteiger partial charge is 0.231 e. The van der Waals surface area contributed by atoms with E-state index in [9.17, 15) is 0 Å². The zero-order chi connectivity index (χ0) is 20.8. The summed E-state index contributed by atoms with van der Waals surface area (Å²) in [4.78, 5) is 13.4. The molecule has 1 aromatic heterocycles. The first-order valence-electron chi connectivity index (χ1n) is 9.97. The zero-order valence-electron chi connectivity index (χ0n) is 16.5. The van der Waals surface area contributed by atoms with Gasteiger partial charge in [0.2, 0.25) is 6.79 Å². The van der Waals surface area contributed by atoms with Crippen molar-refractivity contribution in [2.24, 2.45) is 10.7 Å². The lowest BCUT2D eigenvalue weighted by Gasteiger charge is -2.29. The third-order valence-electron chi connectivity index (χ3n) is 5.85. The van der Waals surface area contributed by atoms with Crippen LogP contribution in [0.4, 0.5) is 0 Å². The van der Waals surface area contributed by atoms with Crippen LogP contribution < -0.4 is 15.2 Å². The van der Waals surface area contributed by atoms with Crippen molar-refractivity contribution in [1.29, 1.82) is 0 Å². The maximum atomic E-state index is 6.43. The molecule has 1 unspecified atom stereocenters. The quantitative estimate of drug-likeness (QED) is 0.558. The Kier molecular flexibility index (Phi) is 3.80. The topological polar surface area (TPSA) is 82.6 Å². The van der Waals surface area contributed by atoms with Crippen LogP contribution in [-0.2, 0) is 5.54 Å². The molecule has 0 bridgehead atoms. The zero-order valence-corrected chi connectivity index (χ0v) is 16.5. The van der Waals surface area contributed by atoms with Crippen molar-refractivity contribution in [3.05, 3.63) is 108 Å². The van der Waals surface area contributed by atoms with E-state index in [0.717, 1.165) is 39.1 Å². The van der Waals surface area contributed by atoms with E-state index in [-0.39, 0.29) is 6.79 Å². The Labute approximate surface area is 179 Å². The predicted molar refractivity (Wildman–Crippen MR) is 117 cm³/mol. The van der Waals surface area contributed by atoms with E-state index in [1.54, 1.807) is 12.4 Å². The molecule has 0 saturated heterocycles. The van der Waals surface area contributed by atoms with Gasteiger partial charge in [-0.2, -0.15) is 0 Å². The van der Waals surface area contributed by atoms with Gasteiger partial charge in [0.15, 0.2) is 11.5 Å². The second kappa shape index (κ2) is 6.67. The fourth-order valence-corrected chi connectivity index (χ4v) is 4.42. The molecule has 150 valence electrons. The Balaban J connectivity index is 1.62. The van der Waals surface area contributed by atoms with Crippen molar-refractivity contribution in [2.75, 3.05) is 6.79 Å². The molecule has 2 N–H and O–H groups in total. The molecule has 0 amide bonds. The molecule has 6 heteroatoms. The average molecular weight is 406 g/mol. The number of amidine groups is 1. The van der Waals surface area contributed by atoms with Gasteiger partial charge in [-0.05, 0) is 40.5 Å². The van der Waals surface area contributed by atoms with Crippen molar-refractivity contribution < 1.29 is 9.47 Å². The molecule has 3 heterocycles. The molecule has 1 atom stereocenters. The monoisotopic (exact) mass is 406 g/mol. The standard InChI is InChI=1S/C25H18N4O2/c26-24-20-6-1-2-7-21(20)25(29-24,19-8-9-22-23(11-19)31-15-30-22)18-5-3-4-16(10-18)17-12-27-14-28-13-17/h1-14H,15H2,(H2,26,29). The maximum Gasteiger partial charge on any atom is 0.231 e. The Bertz CT molecular complexity index is 1340. The maximum absolute atomic E-state index is 6.43. The second-order valence-electron chi connectivity index (χ2n) is 7.53. The van der Waals surface area contributed by atoms with Gasteiger partial charge in [0, 0.05) is 23.5 Å². The first-order chi connectivity index (χ1) is 15.3. The lowest BCUT2D eigenvalue weighted by Crippen LogP contribution is -2.25. The van der Waals surface area contributed by atoms with Gasteiger partial charge < -0.3 is 15.2 Å². The van der Waals surface area contributed by atoms with Crippen LogP contribution in [0.2, 0.25) is 0 Å². The minimum absolute atomic E-state index is 0.220. The second-order valence-corrected chi connectivity index (χ2v) is 7.53. The van der Waals surface area contributed by atoms with Crippen LogP contribution in [0.1, 0.15) is 22.3 Å². The van der Waals surface area contributed by atoms with Crippen molar-refractivity contribution in [3.63, 3.8) is 0 Å². The number of hydrogen-bond donors (Lipinski definition) is 1. The van der Waals surface area contributed by atoms with E-state index in [2.05, 4.69) is 28.2 Å². The largest absolute Gasteiger partial charge is 0.454 e. The fourth-order valence-electron chi connectivity index (χ4n) is 4.42. The van der Waals surface area contributed by atoms with Gasteiger partial charge >= 0.3 is 0 Å². The van der Waals surface area contributed by atoms with E-state index in [1.165, 1.54) is 6.33 Å². The number of ether oxygens (including phenoxy) is 2. The highest BCUT2D eigenvalue weighted by Crippen LogP contribution is 2.48. The number of benzene rings is 3. The minimum Gasteiger partial charge on any atom is -0.454 e. The highest BCUT2D eigenvalue weighted by molar-refractivity contribution is 6.03. The number of hydrogen-bond acceptors (Lipinski definition) is 6. The summed E-state index contributed by atoms with van der Waals surface area (Å²) in [6.07, 6.45) is 5.14. The lowest BCUT2D eigenvalue weighted by molar-refractivity contribution is 0.174. The highest BCUT2D eigenvalue weighted by atomic mass is 16.7. The summed E-state index contributed by atoms with van der Waals surface area (Å²) in [5.74, 6) is 1.96. The molecule has 2 aliphatic rings. The number of fused-ring (bicyclic) bond motifs is 2. The number of aromatic nitrogens is 2.